The molecule has 0 unspecified atom stereocenters. The molecule has 2 aromatic carbocycles. The molecule has 33 heavy (non-hydrogen) atoms. The predicted molar refractivity (Wildman–Crippen MR) is 128 cm³/mol. The molecular weight excluding hydrogens is 437 g/mol. The van der Waals surface area contributed by atoms with Crippen LogP contribution in [0.2, 0.25) is 0 Å². The van der Waals surface area contributed by atoms with Crippen molar-refractivity contribution in [2.24, 2.45) is 0 Å². The SMILES string of the molecule is Cc1cc(-c2cn(CC(=O)N3CCc4nc(N)sc4CC3)c(-c3ccccc3)n2)ccc1F. The Hall–Kier alpha value is -3.52. The number of nitrogens with two attached hydrogens (primary N) is 1. The molecule has 0 bridgehead atoms. The molecule has 0 radical (unpaired) electrons. The molecule has 5 rings (SSSR count). The molecule has 0 saturated heterocycles. The first-order valence-corrected chi connectivity index (χ1v) is 11.7. The first-order chi connectivity index (χ1) is 16.0. The zero-order valence-corrected chi connectivity index (χ0v) is 19.1. The number of amides is 1. The molecule has 0 aliphatic carbocycles. The van der Waals surface area contributed by atoms with E-state index in [4.69, 9.17) is 10.7 Å². The molecule has 0 atom stereocenters. The minimum absolute atomic E-state index is 0.0366. The van der Waals surface area contributed by atoms with E-state index in [1.165, 1.54) is 22.3 Å². The smallest absolute Gasteiger partial charge is 0.242 e. The number of aryl methyl sites for hydroxylation is 1. The van der Waals surface area contributed by atoms with Crippen LogP contribution in [-0.4, -0.2) is 38.4 Å². The number of thiazole rings is 1. The summed E-state index contributed by atoms with van der Waals surface area (Å²) in [6.45, 7) is 3.18. The number of aromatic nitrogens is 3. The Morgan fingerprint density at radius 3 is 2.67 bits per heavy atom. The van der Waals surface area contributed by atoms with E-state index in [1.807, 2.05) is 46.0 Å². The van der Waals surface area contributed by atoms with Crippen molar-refractivity contribution in [3.05, 3.63) is 76.7 Å². The molecule has 6 nitrogen and oxygen atoms in total. The van der Waals surface area contributed by atoms with Crippen molar-refractivity contribution in [1.29, 1.82) is 0 Å². The lowest BCUT2D eigenvalue weighted by molar-refractivity contribution is -0.131. The van der Waals surface area contributed by atoms with E-state index in [-0.39, 0.29) is 18.3 Å². The van der Waals surface area contributed by atoms with Crippen molar-refractivity contribution in [1.82, 2.24) is 19.4 Å². The quantitative estimate of drug-likeness (QED) is 0.491. The summed E-state index contributed by atoms with van der Waals surface area (Å²) in [6.07, 6.45) is 3.36. The molecule has 2 N–H and O–H groups in total. The second kappa shape index (κ2) is 8.78. The van der Waals surface area contributed by atoms with Crippen LogP contribution in [0.3, 0.4) is 0 Å². The molecule has 0 spiro atoms. The van der Waals surface area contributed by atoms with Crippen molar-refractivity contribution >= 4 is 22.4 Å². The van der Waals surface area contributed by atoms with Crippen LogP contribution in [0.4, 0.5) is 9.52 Å². The second-order valence-electron chi connectivity index (χ2n) is 8.21. The summed E-state index contributed by atoms with van der Waals surface area (Å²) in [6, 6.07) is 14.7. The number of carbonyl (C=O) groups is 1. The maximum absolute atomic E-state index is 13.8. The molecule has 0 saturated carbocycles. The van der Waals surface area contributed by atoms with Gasteiger partial charge in [0.05, 0.1) is 11.4 Å². The number of hydrogen-bond donors (Lipinski definition) is 1. The number of imidazole rings is 1. The van der Waals surface area contributed by atoms with Gasteiger partial charge in [0.1, 0.15) is 18.2 Å². The molecule has 4 aromatic rings. The summed E-state index contributed by atoms with van der Waals surface area (Å²) < 4.78 is 15.7. The Morgan fingerprint density at radius 2 is 1.88 bits per heavy atom. The average molecular weight is 462 g/mol. The minimum Gasteiger partial charge on any atom is -0.375 e. The van der Waals surface area contributed by atoms with Gasteiger partial charge in [-0.3, -0.25) is 4.79 Å². The summed E-state index contributed by atoms with van der Waals surface area (Å²) in [5.74, 6) is 0.501. The largest absolute Gasteiger partial charge is 0.375 e. The fourth-order valence-corrected chi connectivity index (χ4v) is 5.04. The summed E-state index contributed by atoms with van der Waals surface area (Å²) >= 11 is 1.51. The average Bonchev–Trinajstić information content (AvgIpc) is 3.33. The van der Waals surface area contributed by atoms with E-state index in [2.05, 4.69) is 4.98 Å². The van der Waals surface area contributed by atoms with E-state index in [0.29, 0.717) is 41.7 Å². The van der Waals surface area contributed by atoms with E-state index < -0.39 is 0 Å². The van der Waals surface area contributed by atoms with Crippen molar-refractivity contribution in [2.45, 2.75) is 26.3 Å². The van der Waals surface area contributed by atoms with E-state index in [0.717, 1.165) is 23.2 Å². The molecule has 168 valence electrons. The lowest BCUT2D eigenvalue weighted by Gasteiger charge is -2.21. The number of benzene rings is 2. The van der Waals surface area contributed by atoms with Crippen LogP contribution in [-0.2, 0) is 24.2 Å². The first kappa shape index (κ1) is 21.3. The molecule has 0 fully saturated rings. The first-order valence-electron chi connectivity index (χ1n) is 10.9. The maximum Gasteiger partial charge on any atom is 0.242 e. The Bertz CT molecular complexity index is 1290. The van der Waals surface area contributed by atoms with E-state index in [1.54, 1.807) is 19.1 Å². The molecular formula is C25H24FN5OS. The van der Waals surface area contributed by atoms with Gasteiger partial charge in [-0.2, -0.15) is 0 Å². The summed E-state index contributed by atoms with van der Waals surface area (Å²) in [4.78, 5) is 25.6. The number of fused-ring (bicyclic) bond motifs is 1. The van der Waals surface area contributed by atoms with Crippen LogP contribution < -0.4 is 5.73 Å². The van der Waals surface area contributed by atoms with Gasteiger partial charge in [0.25, 0.3) is 0 Å². The van der Waals surface area contributed by atoms with Gasteiger partial charge in [-0.05, 0) is 30.7 Å². The lowest BCUT2D eigenvalue weighted by atomic mass is 10.1. The Kier molecular flexibility index (Phi) is 5.68. The lowest BCUT2D eigenvalue weighted by Crippen LogP contribution is -2.35. The highest BCUT2D eigenvalue weighted by Gasteiger charge is 2.23. The zero-order valence-electron chi connectivity index (χ0n) is 18.3. The molecule has 3 heterocycles. The van der Waals surface area contributed by atoms with Crippen molar-refractivity contribution in [2.75, 3.05) is 18.8 Å². The van der Waals surface area contributed by atoms with Gasteiger partial charge >= 0.3 is 0 Å². The molecule has 1 aliphatic rings. The summed E-state index contributed by atoms with van der Waals surface area (Å²) in [5.41, 5.74) is 9.87. The Labute approximate surface area is 195 Å². The number of halogens is 1. The third-order valence-corrected chi connectivity index (χ3v) is 6.93. The number of nitrogens with zero attached hydrogens (tertiary/aromatic N) is 4. The Morgan fingerprint density at radius 1 is 1.09 bits per heavy atom. The normalized spacial score (nSPS) is 13.6. The van der Waals surface area contributed by atoms with Crippen molar-refractivity contribution < 1.29 is 9.18 Å². The topological polar surface area (TPSA) is 77.0 Å². The molecule has 2 aromatic heterocycles. The van der Waals surface area contributed by atoms with E-state index >= 15 is 0 Å². The van der Waals surface area contributed by atoms with Gasteiger partial charge in [0, 0.05) is 48.1 Å². The molecule has 1 amide bonds. The third kappa shape index (κ3) is 4.39. The standard InChI is InChI=1S/C25H24FN5OS/c1-16-13-18(7-8-19(16)26)21-14-31(24(28-21)17-5-3-2-4-6-17)15-23(32)30-11-9-20-22(10-12-30)33-25(27)29-20/h2-8,13-14H,9-12,15H2,1H3,(H2,27,29). The number of hydrogen-bond acceptors (Lipinski definition) is 5. The highest BCUT2D eigenvalue weighted by Crippen LogP contribution is 2.27. The highest BCUT2D eigenvalue weighted by atomic mass is 32.1. The van der Waals surface area contributed by atoms with Crippen molar-refractivity contribution in [3.63, 3.8) is 0 Å². The van der Waals surface area contributed by atoms with E-state index in [9.17, 15) is 9.18 Å². The van der Waals surface area contributed by atoms with Crippen LogP contribution in [0, 0.1) is 12.7 Å². The fraction of sp³-hybridized carbons (Fsp3) is 0.240. The van der Waals surface area contributed by atoms with Gasteiger partial charge in [0.15, 0.2) is 5.13 Å². The van der Waals surface area contributed by atoms with Gasteiger partial charge in [-0.15, -0.1) is 11.3 Å². The van der Waals surface area contributed by atoms with Crippen LogP contribution in [0.5, 0.6) is 0 Å². The number of nitrogen functional groups attached to an aromatic ring is 1. The van der Waals surface area contributed by atoms with Crippen LogP contribution in [0.25, 0.3) is 22.6 Å². The fourth-order valence-electron chi connectivity index (χ4n) is 4.18. The van der Waals surface area contributed by atoms with Crippen molar-refractivity contribution in [3.8, 4) is 22.6 Å². The Balaban J connectivity index is 1.42. The van der Waals surface area contributed by atoms with Crippen LogP contribution in [0.15, 0.2) is 54.7 Å². The van der Waals surface area contributed by atoms with Gasteiger partial charge < -0.3 is 15.2 Å². The monoisotopic (exact) mass is 461 g/mol. The predicted octanol–water partition coefficient (Wildman–Crippen LogP) is 4.33. The maximum atomic E-state index is 13.8. The van der Waals surface area contributed by atoms with Crippen LogP contribution in [0.1, 0.15) is 16.1 Å². The number of carbonyl (C=O) groups excluding carboxylic acids is 1. The number of anilines is 1. The third-order valence-electron chi connectivity index (χ3n) is 5.94. The highest BCUT2D eigenvalue weighted by molar-refractivity contribution is 7.15. The molecule has 8 heteroatoms. The van der Waals surface area contributed by atoms with Gasteiger partial charge in [0.2, 0.25) is 5.91 Å². The minimum atomic E-state index is -0.248. The summed E-state index contributed by atoms with van der Waals surface area (Å²) in [7, 11) is 0. The van der Waals surface area contributed by atoms with Gasteiger partial charge in [-0.25, -0.2) is 14.4 Å². The zero-order chi connectivity index (χ0) is 22.9. The summed E-state index contributed by atoms with van der Waals surface area (Å²) in [5, 5.41) is 0.592. The van der Waals surface area contributed by atoms with Crippen LogP contribution >= 0.6 is 11.3 Å². The second-order valence-corrected chi connectivity index (χ2v) is 9.33. The number of rotatable bonds is 4. The van der Waals surface area contributed by atoms with Gasteiger partial charge in [-0.1, -0.05) is 30.3 Å². The molecule has 1 aliphatic heterocycles.